The third-order valence-electron chi connectivity index (χ3n) is 2.41. The largest absolute Gasteiger partial charge is 0.399 e. The Hall–Kier alpha value is -2.56. The maximum absolute atomic E-state index is 12.0. The van der Waals surface area contributed by atoms with Crippen LogP contribution in [0.25, 0.3) is 0 Å². The monoisotopic (exact) mass is 242 g/mol. The maximum Gasteiger partial charge on any atom is 0.255 e. The summed E-state index contributed by atoms with van der Waals surface area (Å²) in [7, 11) is 0. The Bertz CT molecular complexity index is 558. The molecule has 5 heteroatoms. The van der Waals surface area contributed by atoms with Crippen LogP contribution in [0.1, 0.15) is 16.1 Å². The number of nitrogen functional groups attached to an aromatic ring is 2. The summed E-state index contributed by atoms with van der Waals surface area (Å²) in [6.07, 6.45) is 1.60. The second-order valence-electron chi connectivity index (χ2n) is 4.03. The van der Waals surface area contributed by atoms with E-state index in [0.717, 1.165) is 5.69 Å². The zero-order valence-corrected chi connectivity index (χ0v) is 9.97. The van der Waals surface area contributed by atoms with E-state index in [0.29, 0.717) is 22.6 Å². The highest BCUT2D eigenvalue weighted by Crippen LogP contribution is 2.15. The van der Waals surface area contributed by atoms with E-state index in [-0.39, 0.29) is 5.91 Å². The predicted molar refractivity (Wildman–Crippen MR) is 72.2 cm³/mol. The highest BCUT2D eigenvalue weighted by atomic mass is 16.1. The normalized spacial score (nSPS) is 10.1. The molecule has 0 aliphatic carbocycles. The van der Waals surface area contributed by atoms with Gasteiger partial charge in [0.2, 0.25) is 0 Å². The van der Waals surface area contributed by atoms with Gasteiger partial charge in [0.15, 0.2) is 0 Å². The number of benzene rings is 1. The number of hydrogen-bond donors (Lipinski definition) is 3. The lowest BCUT2D eigenvalue weighted by Gasteiger charge is -2.06. The molecule has 18 heavy (non-hydrogen) atoms. The SMILES string of the molecule is Cc1ccc(NC(=O)c2cc(N)cc(N)c2)cn1. The molecule has 1 heterocycles. The number of aryl methyl sites for hydroxylation is 1. The Balaban J connectivity index is 2.19. The Morgan fingerprint density at radius 1 is 1.17 bits per heavy atom. The lowest BCUT2D eigenvalue weighted by atomic mass is 10.1. The summed E-state index contributed by atoms with van der Waals surface area (Å²) in [6.45, 7) is 1.88. The molecule has 1 amide bonds. The van der Waals surface area contributed by atoms with E-state index in [4.69, 9.17) is 11.5 Å². The van der Waals surface area contributed by atoms with Crippen LogP contribution in [-0.2, 0) is 0 Å². The lowest BCUT2D eigenvalue weighted by Crippen LogP contribution is -2.12. The van der Waals surface area contributed by atoms with Crippen molar-refractivity contribution >= 4 is 23.0 Å². The molecule has 0 radical (unpaired) electrons. The van der Waals surface area contributed by atoms with Gasteiger partial charge in [0.25, 0.3) is 5.91 Å². The maximum atomic E-state index is 12.0. The number of nitrogens with two attached hydrogens (primary N) is 2. The Kier molecular flexibility index (Phi) is 3.14. The van der Waals surface area contributed by atoms with Crippen molar-refractivity contribution in [3.8, 4) is 0 Å². The fourth-order valence-electron chi connectivity index (χ4n) is 1.55. The second-order valence-corrected chi connectivity index (χ2v) is 4.03. The summed E-state index contributed by atoms with van der Waals surface area (Å²) in [5.74, 6) is -0.264. The highest BCUT2D eigenvalue weighted by Gasteiger charge is 2.07. The fourth-order valence-corrected chi connectivity index (χ4v) is 1.55. The van der Waals surface area contributed by atoms with Gasteiger partial charge in [-0.3, -0.25) is 9.78 Å². The van der Waals surface area contributed by atoms with Crippen LogP contribution in [0.3, 0.4) is 0 Å². The summed E-state index contributed by atoms with van der Waals surface area (Å²) >= 11 is 0. The van der Waals surface area contributed by atoms with Crippen molar-refractivity contribution in [1.29, 1.82) is 0 Å². The molecule has 0 bridgehead atoms. The summed E-state index contributed by atoms with van der Waals surface area (Å²) < 4.78 is 0. The first-order valence-corrected chi connectivity index (χ1v) is 5.44. The van der Waals surface area contributed by atoms with E-state index in [1.165, 1.54) is 0 Å². The van der Waals surface area contributed by atoms with E-state index in [9.17, 15) is 4.79 Å². The van der Waals surface area contributed by atoms with E-state index in [2.05, 4.69) is 10.3 Å². The number of amides is 1. The topological polar surface area (TPSA) is 94.0 Å². The molecule has 5 N–H and O–H groups in total. The Morgan fingerprint density at radius 2 is 1.83 bits per heavy atom. The molecular weight excluding hydrogens is 228 g/mol. The van der Waals surface area contributed by atoms with Crippen molar-refractivity contribution < 1.29 is 4.79 Å². The molecular formula is C13H14N4O. The van der Waals surface area contributed by atoms with Gasteiger partial charge < -0.3 is 16.8 Å². The molecule has 0 saturated carbocycles. The van der Waals surface area contributed by atoms with Crippen molar-refractivity contribution in [3.05, 3.63) is 47.8 Å². The van der Waals surface area contributed by atoms with Gasteiger partial charge in [-0.15, -0.1) is 0 Å². The number of pyridine rings is 1. The standard InChI is InChI=1S/C13H14N4O/c1-8-2-3-12(7-16-8)17-13(18)9-4-10(14)6-11(15)5-9/h2-7H,14-15H2,1H3,(H,17,18). The van der Waals surface area contributed by atoms with Crippen LogP contribution >= 0.6 is 0 Å². The molecule has 0 unspecified atom stereocenters. The van der Waals surface area contributed by atoms with Crippen LogP contribution in [0.2, 0.25) is 0 Å². The molecule has 0 aliphatic heterocycles. The smallest absolute Gasteiger partial charge is 0.255 e. The van der Waals surface area contributed by atoms with Gasteiger partial charge in [0, 0.05) is 22.6 Å². The number of aromatic nitrogens is 1. The van der Waals surface area contributed by atoms with Crippen LogP contribution in [0, 0.1) is 6.92 Å². The van der Waals surface area contributed by atoms with Gasteiger partial charge >= 0.3 is 0 Å². The summed E-state index contributed by atoms with van der Waals surface area (Å²) in [4.78, 5) is 16.1. The zero-order valence-electron chi connectivity index (χ0n) is 9.97. The molecule has 0 spiro atoms. The Morgan fingerprint density at radius 3 is 2.39 bits per heavy atom. The van der Waals surface area contributed by atoms with Crippen LogP contribution in [-0.4, -0.2) is 10.9 Å². The molecule has 1 aromatic carbocycles. The van der Waals surface area contributed by atoms with Gasteiger partial charge in [-0.05, 0) is 37.3 Å². The minimum atomic E-state index is -0.264. The number of hydrogen-bond acceptors (Lipinski definition) is 4. The predicted octanol–water partition coefficient (Wildman–Crippen LogP) is 1.81. The van der Waals surface area contributed by atoms with Crippen molar-refractivity contribution in [2.24, 2.45) is 0 Å². The molecule has 1 aromatic heterocycles. The molecule has 0 fully saturated rings. The molecule has 2 rings (SSSR count). The van der Waals surface area contributed by atoms with E-state index >= 15 is 0 Å². The van der Waals surface area contributed by atoms with Crippen molar-refractivity contribution in [2.45, 2.75) is 6.92 Å². The Labute approximate surface area is 105 Å². The van der Waals surface area contributed by atoms with E-state index in [1.54, 1.807) is 30.5 Å². The minimum Gasteiger partial charge on any atom is -0.399 e. The van der Waals surface area contributed by atoms with Gasteiger partial charge in [0.1, 0.15) is 0 Å². The molecule has 2 aromatic rings. The van der Waals surface area contributed by atoms with Crippen LogP contribution in [0.15, 0.2) is 36.5 Å². The van der Waals surface area contributed by atoms with Gasteiger partial charge in [0.05, 0.1) is 11.9 Å². The van der Waals surface area contributed by atoms with Crippen molar-refractivity contribution in [3.63, 3.8) is 0 Å². The number of nitrogens with zero attached hydrogens (tertiary/aromatic N) is 1. The van der Waals surface area contributed by atoms with E-state index < -0.39 is 0 Å². The van der Waals surface area contributed by atoms with Crippen molar-refractivity contribution in [1.82, 2.24) is 4.98 Å². The quantitative estimate of drug-likeness (QED) is 0.700. The third-order valence-corrected chi connectivity index (χ3v) is 2.41. The number of carbonyl (C=O) groups excluding carboxylic acids is 1. The molecule has 0 saturated heterocycles. The second kappa shape index (κ2) is 4.75. The minimum absolute atomic E-state index is 0.264. The van der Waals surface area contributed by atoms with Gasteiger partial charge in [-0.25, -0.2) is 0 Å². The van der Waals surface area contributed by atoms with E-state index in [1.807, 2.05) is 13.0 Å². The number of anilines is 3. The van der Waals surface area contributed by atoms with Gasteiger partial charge in [-0.1, -0.05) is 0 Å². The molecule has 5 nitrogen and oxygen atoms in total. The zero-order chi connectivity index (χ0) is 13.1. The molecule has 92 valence electrons. The number of rotatable bonds is 2. The van der Waals surface area contributed by atoms with Crippen LogP contribution < -0.4 is 16.8 Å². The summed E-state index contributed by atoms with van der Waals surface area (Å²) in [5.41, 5.74) is 14.1. The molecule has 0 aliphatic rings. The van der Waals surface area contributed by atoms with Crippen LogP contribution in [0.5, 0.6) is 0 Å². The average molecular weight is 242 g/mol. The average Bonchev–Trinajstić information content (AvgIpc) is 2.31. The van der Waals surface area contributed by atoms with Gasteiger partial charge in [-0.2, -0.15) is 0 Å². The fraction of sp³-hybridized carbons (Fsp3) is 0.0769. The highest BCUT2D eigenvalue weighted by molar-refractivity contribution is 6.05. The summed E-state index contributed by atoms with van der Waals surface area (Å²) in [5, 5.41) is 2.73. The third kappa shape index (κ3) is 2.76. The first kappa shape index (κ1) is 11.9. The first-order chi connectivity index (χ1) is 8.54. The lowest BCUT2D eigenvalue weighted by molar-refractivity contribution is 0.102. The molecule has 0 atom stereocenters. The number of carbonyl (C=O) groups is 1. The van der Waals surface area contributed by atoms with Crippen LogP contribution in [0.4, 0.5) is 17.1 Å². The number of nitrogens with one attached hydrogen (secondary N) is 1. The first-order valence-electron chi connectivity index (χ1n) is 5.44. The summed E-state index contributed by atoms with van der Waals surface area (Å²) in [6, 6.07) is 8.37. The van der Waals surface area contributed by atoms with Crippen molar-refractivity contribution in [2.75, 3.05) is 16.8 Å².